The lowest BCUT2D eigenvalue weighted by Gasteiger charge is -2.31. The molecule has 2 rings (SSSR count). The van der Waals surface area contributed by atoms with E-state index in [4.69, 9.17) is 5.10 Å². The predicted molar refractivity (Wildman–Crippen MR) is 87.2 cm³/mol. The number of benzene rings is 1. The predicted octanol–water partition coefficient (Wildman–Crippen LogP) is 2.94. The van der Waals surface area contributed by atoms with Crippen molar-refractivity contribution in [1.82, 2.24) is 15.1 Å². The number of rotatable bonds is 6. The van der Waals surface area contributed by atoms with Crippen LogP contribution in [-0.2, 0) is 13.1 Å². The molecule has 1 unspecified atom stereocenters. The van der Waals surface area contributed by atoms with Gasteiger partial charge >= 0.3 is 0 Å². The summed E-state index contributed by atoms with van der Waals surface area (Å²) in [5.74, 6) is 0. The first kappa shape index (κ1) is 16.0. The van der Waals surface area contributed by atoms with Gasteiger partial charge in [0.05, 0.1) is 11.2 Å². The molecule has 1 aromatic heterocycles. The first-order valence-electron chi connectivity index (χ1n) is 7.76. The molecule has 0 bridgehead atoms. The highest BCUT2D eigenvalue weighted by Gasteiger charge is 2.24. The zero-order valence-corrected chi connectivity index (χ0v) is 13.6. The lowest BCUT2D eigenvalue weighted by molar-refractivity contribution is 0.196. The number of aliphatic hydroxyl groups excluding tert-OH is 1. The lowest BCUT2D eigenvalue weighted by atomic mass is 9.85. The van der Waals surface area contributed by atoms with Crippen LogP contribution in [0.5, 0.6) is 0 Å². The number of hydrogen-bond donors (Lipinski definition) is 2. The molecule has 1 atom stereocenters. The van der Waals surface area contributed by atoms with Gasteiger partial charge in [0.1, 0.15) is 0 Å². The number of aliphatic hydroxyl groups is 1. The van der Waals surface area contributed by atoms with E-state index in [2.05, 4.69) is 57.3 Å². The quantitative estimate of drug-likeness (QED) is 0.859. The Balaban J connectivity index is 2.20. The number of nitrogens with zero attached hydrogens (tertiary/aromatic N) is 2. The molecule has 2 N–H and O–H groups in total. The molecule has 0 amide bonds. The van der Waals surface area contributed by atoms with Crippen LogP contribution in [0.25, 0.3) is 10.9 Å². The normalized spacial score (nSPS) is 13.8. The summed E-state index contributed by atoms with van der Waals surface area (Å²) in [5, 5.41) is 18.7. The van der Waals surface area contributed by atoms with Crippen molar-refractivity contribution < 1.29 is 5.11 Å². The molecule has 0 aliphatic carbocycles. The van der Waals surface area contributed by atoms with E-state index in [0.29, 0.717) is 0 Å². The van der Waals surface area contributed by atoms with Crippen LogP contribution in [0.1, 0.15) is 39.8 Å². The van der Waals surface area contributed by atoms with Crippen molar-refractivity contribution in [3.05, 3.63) is 30.0 Å². The minimum absolute atomic E-state index is 0.117. The minimum Gasteiger partial charge on any atom is -0.396 e. The van der Waals surface area contributed by atoms with E-state index in [-0.39, 0.29) is 18.1 Å². The topological polar surface area (TPSA) is 50.1 Å². The number of fused-ring (bicyclic) bond motifs is 1. The first-order chi connectivity index (χ1) is 9.97. The Morgan fingerprint density at radius 2 is 2.00 bits per heavy atom. The van der Waals surface area contributed by atoms with E-state index in [1.165, 1.54) is 10.9 Å². The maximum Gasteiger partial charge on any atom is 0.0841 e. The zero-order valence-electron chi connectivity index (χ0n) is 13.6. The molecule has 1 heterocycles. The number of aryl methyl sites for hydroxylation is 1. The summed E-state index contributed by atoms with van der Waals surface area (Å²) in [5.41, 5.74) is 2.39. The highest BCUT2D eigenvalue weighted by atomic mass is 16.3. The summed E-state index contributed by atoms with van der Waals surface area (Å²) >= 11 is 0. The highest BCUT2D eigenvalue weighted by Crippen LogP contribution is 2.23. The van der Waals surface area contributed by atoms with Gasteiger partial charge in [0, 0.05) is 31.1 Å². The number of aromatic nitrogens is 2. The molecule has 21 heavy (non-hydrogen) atoms. The fraction of sp³-hybridized carbons (Fsp3) is 0.588. The van der Waals surface area contributed by atoms with Gasteiger partial charge in [0.25, 0.3) is 0 Å². The number of hydrogen-bond acceptors (Lipinski definition) is 3. The molecule has 4 nitrogen and oxygen atoms in total. The van der Waals surface area contributed by atoms with Crippen molar-refractivity contribution in [2.45, 2.75) is 53.2 Å². The van der Waals surface area contributed by atoms with Crippen LogP contribution < -0.4 is 5.32 Å². The van der Waals surface area contributed by atoms with Gasteiger partial charge in [-0.05, 0) is 24.8 Å². The number of para-hydroxylation sites is 1. The molecule has 116 valence electrons. The second-order valence-electron chi connectivity index (χ2n) is 6.59. The largest absolute Gasteiger partial charge is 0.396 e. The summed E-state index contributed by atoms with van der Waals surface area (Å²) in [6, 6.07) is 8.63. The third-order valence-electron chi connectivity index (χ3n) is 4.01. The van der Waals surface area contributed by atoms with Crippen molar-refractivity contribution in [3.63, 3.8) is 0 Å². The van der Waals surface area contributed by atoms with Gasteiger partial charge in [0.2, 0.25) is 0 Å². The van der Waals surface area contributed by atoms with E-state index >= 15 is 0 Å². The van der Waals surface area contributed by atoms with Crippen molar-refractivity contribution in [3.8, 4) is 0 Å². The Hall–Kier alpha value is -1.39. The van der Waals surface area contributed by atoms with Gasteiger partial charge in [-0.15, -0.1) is 0 Å². The van der Waals surface area contributed by atoms with Crippen LogP contribution in [0.15, 0.2) is 24.3 Å². The van der Waals surface area contributed by atoms with Crippen molar-refractivity contribution in [1.29, 1.82) is 0 Å². The zero-order chi connectivity index (χ0) is 15.5. The average molecular weight is 289 g/mol. The molecule has 0 saturated heterocycles. The highest BCUT2D eigenvalue weighted by molar-refractivity contribution is 5.81. The third kappa shape index (κ3) is 3.63. The van der Waals surface area contributed by atoms with E-state index in [1.54, 1.807) is 0 Å². The Morgan fingerprint density at radius 1 is 1.29 bits per heavy atom. The van der Waals surface area contributed by atoms with Gasteiger partial charge in [-0.25, -0.2) is 0 Å². The Kier molecular flexibility index (Phi) is 5.01. The second kappa shape index (κ2) is 6.58. The van der Waals surface area contributed by atoms with Crippen molar-refractivity contribution in [2.75, 3.05) is 6.61 Å². The van der Waals surface area contributed by atoms with E-state index in [9.17, 15) is 5.11 Å². The van der Waals surface area contributed by atoms with Crippen LogP contribution in [0.3, 0.4) is 0 Å². The molecule has 0 spiro atoms. The Morgan fingerprint density at radius 3 is 2.62 bits per heavy atom. The average Bonchev–Trinajstić information content (AvgIpc) is 2.80. The SMILES string of the molecule is CCn1nc(CNC(CCO)C(C)(C)C)c2ccccc21. The van der Waals surface area contributed by atoms with Crippen molar-refractivity contribution in [2.24, 2.45) is 5.41 Å². The molecule has 1 aromatic carbocycles. The van der Waals surface area contributed by atoms with Crippen LogP contribution in [0, 0.1) is 5.41 Å². The van der Waals surface area contributed by atoms with Gasteiger partial charge in [-0.2, -0.15) is 5.10 Å². The fourth-order valence-corrected chi connectivity index (χ4v) is 2.76. The summed E-state index contributed by atoms with van der Waals surface area (Å²) in [4.78, 5) is 0. The minimum atomic E-state index is 0.117. The van der Waals surface area contributed by atoms with E-state index in [0.717, 1.165) is 25.2 Å². The molecular formula is C17H27N3O. The number of nitrogens with one attached hydrogen (secondary N) is 1. The van der Waals surface area contributed by atoms with E-state index < -0.39 is 0 Å². The molecule has 0 aliphatic rings. The summed E-state index contributed by atoms with van der Waals surface area (Å²) < 4.78 is 2.05. The second-order valence-corrected chi connectivity index (χ2v) is 6.59. The van der Waals surface area contributed by atoms with E-state index in [1.807, 2.05) is 4.68 Å². The molecule has 0 fully saturated rings. The molecular weight excluding hydrogens is 262 g/mol. The third-order valence-corrected chi connectivity index (χ3v) is 4.01. The lowest BCUT2D eigenvalue weighted by Crippen LogP contribution is -2.40. The van der Waals surface area contributed by atoms with Crippen LogP contribution >= 0.6 is 0 Å². The van der Waals surface area contributed by atoms with Crippen LogP contribution in [0.4, 0.5) is 0 Å². The van der Waals surface area contributed by atoms with Crippen LogP contribution in [0.2, 0.25) is 0 Å². The van der Waals surface area contributed by atoms with Crippen molar-refractivity contribution >= 4 is 10.9 Å². The summed E-state index contributed by atoms with van der Waals surface area (Å²) in [6.07, 6.45) is 0.760. The van der Waals surface area contributed by atoms with Gasteiger partial charge < -0.3 is 10.4 Å². The summed E-state index contributed by atoms with van der Waals surface area (Å²) in [6.45, 7) is 10.5. The van der Waals surface area contributed by atoms with Crippen LogP contribution in [-0.4, -0.2) is 27.5 Å². The first-order valence-corrected chi connectivity index (χ1v) is 7.76. The monoisotopic (exact) mass is 289 g/mol. The standard InChI is InChI=1S/C17H27N3O/c1-5-20-15-9-7-6-8-13(15)14(19-20)12-18-16(10-11-21)17(2,3)4/h6-9,16,18,21H,5,10-12H2,1-4H3. The molecule has 0 aliphatic heterocycles. The summed E-state index contributed by atoms with van der Waals surface area (Å²) in [7, 11) is 0. The molecule has 0 saturated carbocycles. The van der Waals surface area contributed by atoms with Gasteiger partial charge in [-0.3, -0.25) is 4.68 Å². The molecule has 2 aromatic rings. The fourth-order valence-electron chi connectivity index (χ4n) is 2.76. The van der Waals surface area contributed by atoms with Gasteiger partial charge in [0.15, 0.2) is 0 Å². The van der Waals surface area contributed by atoms with Gasteiger partial charge in [-0.1, -0.05) is 39.0 Å². The Bertz CT molecular complexity index is 583. The molecule has 4 heteroatoms. The Labute approximate surface area is 127 Å². The maximum atomic E-state index is 9.25. The smallest absolute Gasteiger partial charge is 0.0841 e. The molecule has 0 radical (unpaired) electrons. The maximum absolute atomic E-state index is 9.25.